The number of hydrogen-bond donors (Lipinski definition) is 3. The molecule has 1 aromatic carbocycles. The first-order valence-electron chi connectivity index (χ1n) is 11.4. The van der Waals surface area contributed by atoms with E-state index in [-0.39, 0.29) is 40.8 Å². The van der Waals surface area contributed by atoms with Gasteiger partial charge in [0.05, 0.1) is 19.2 Å². The number of rotatable bonds is 8. The van der Waals surface area contributed by atoms with Gasteiger partial charge >= 0.3 is 0 Å². The number of carbonyl (C=O) groups is 2. The van der Waals surface area contributed by atoms with Gasteiger partial charge in [0, 0.05) is 30.5 Å². The minimum absolute atomic E-state index is 0.145. The summed E-state index contributed by atoms with van der Waals surface area (Å²) < 4.78 is 28.9. The summed E-state index contributed by atoms with van der Waals surface area (Å²) in [5.74, 6) is -3.95. The maximum atomic E-state index is 13.6. The fourth-order valence-corrected chi connectivity index (χ4v) is 4.90. The minimum Gasteiger partial charge on any atom is -0.360 e. The topological polar surface area (TPSA) is 143 Å². The fourth-order valence-electron chi connectivity index (χ4n) is 3.82. The highest BCUT2D eigenvalue weighted by Crippen LogP contribution is 2.26. The first-order chi connectivity index (χ1) is 17.7. The molecule has 1 saturated heterocycles. The molecule has 0 aliphatic carbocycles. The summed E-state index contributed by atoms with van der Waals surface area (Å²) >= 11 is 0.951. The number of nitrogens with one attached hydrogen (secondary N) is 3. The predicted octanol–water partition coefficient (Wildman–Crippen LogP) is 0.763. The molecule has 1 aliphatic heterocycles. The number of nitriles is 2. The molecule has 0 spiro atoms. The largest absolute Gasteiger partial charge is 0.360 e. The predicted molar refractivity (Wildman–Crippen MR) is 135 cm³/mol. The van der Waals surface area contributed by atoms with Crippen molar-refractivity contribution in [1.29, 1.82) is 10.5 Å². The van der Waals surface area contributed by atoms with Crippen LogP contribution < -0.4 is 30.7 Å². The lowest BCUT2D eigenvalue weighted by atomic mass is 10.1. The number of alkyl halides is 2. The van der Waals surface area contributed by atoms with Crippen LogP contribution in [0.4, 0.5) is 20.2 Å². The van der Waals surface area contributed by atoms with E-state index in [0.717, 1.165) is 11.3 Å². The van der Waals surface area contributed by atoms with Gasteiger partial charge in [-0.15, -0.1) is 11.3 Å². The third-order valence-electron chi connectivity index (χ3n) is 5.46. The summed E-state index contributed by atoms with van der Waals surface area (Å²) in [6.07, 6.45) is 1.59. The van der Waals surface area contributed by atoms with Crippen molar-refractivity contribution in [1.82, 2.24) is 14.8 Å². The second-order valence-corrected chi connectivity index (χ2v) is 9.27. The Bertz CT molecular complexity index is 1440. The first kappa shape index (κ1) is 27.5. The SMILES string of the molecule is CCn1c(=O)/c(=C\Nc2cccc(NC(=O)CN3CCCC(F)(F)C3)c2)s/c1=C(/C#N)C(=O)NCC#N. The molecule has 3 rings (SSSR count). The molecule has 0 bridgehead atoms. The Morgan fingerprint density at radius 1 is 1.27 bits per heavy atom. The van der Waals surface area contributed by atoms with Gasteiger partial charge in [-0.3, -0.25) is 23.9 Å². The van der Waals surface area contributed by atoms with Gasteiger partial charge in [-0.05, 0) is 38.1 Å². The molecule has 2 aromatic rings. The molecule has 3 N–H and O–H groups in total. The number of hydrogen-bond acceptors (Lipinski definition) is 8. The Morgan fingerprint density at radius 3 is 2.70 bits per heavy atom. The molecule has 0 radical (unpaired) electrons. The van der Waals surface area contributed by atoms with Gasteiger partial charge in [-0.2, -0.15) is 10.5 Å². The maximum absolute atomic E-state index is 13.6. The molecule has 13 heteroatoms. The van der Waals surface area contributed by atoms with Gasteiger partial charge in [0.15, 0.2) is 5.57 Å². The highest BCUT2D eigenvalue weighted by Gasteiger charge is 2.35. The monoisotopic (exact) mass is 529 g/mol. The number of halogens is 2. The smallest absolute Gasteiger partial charge is 0.270 e. The normalized spacial score (nSPS) is 16.3. The number of carbonyl (C=O) groups excluding carboxylic acids is 2. The Balaban J connectivity index is 1.78. The van der Waals surface area contributed by atoms with Crippen LogP contribution in [0.5, 0.6) is 0 Å². The lowest BCUT2D eigenvalue weighted by Crippen LogP contribution is -2.45. The van der Waals surface area contributed by atoms with Gasteiger partial charge in [0.2, 0.25) is 5.91 Å². The first-order valence-corrected chi connectivity index (χ1v) is 12.2. The molecular formula is C24H25F2N7O3S. The quantitative estimate of drug-likeness (QED) is 0.429. The van der Waals surface area contributed by atoms with E-state index in [4.69, 9.17) is 5.26 Å². The van der Waals surface area contributed by atoms with Gasteiger partial charge in [-0.1, -0.05) is 6.07 Å². The molecule has 37 heavy (non-hydrogen) atoms. The summed E-state index contributed by atoms with van der Waals surface area (Å²) in [5.41, 5.74) is 0.309. The minimum atomic E-state index is -2.79. The fraction of sp³-hybridized carbons (Fsp3) is 0.375. The van der Waals surface area contributed by atoms with Crippen molar-refractivity contribution in [3.63, 3.8) is 0 Å². The number of likely N-dealkylation sites (tertiary alicyclic amines) is 1. The van der Waals surface area contributed by atoms with Crippen LogP contribution in [0.25, 0.3) is 11.8 Å². The van der Waals surface area contributed by atoms with Gasteiger partial charge in [-0.25, -0.2) is 8.78 Å². The van der Waals surface area contributed by atoms with E-state index in [1.807, 2.05) is 0 Å². The Kier molecular flexibility index (Phi) is 9.11. The molecule has 194 valence electrons. The number of aromatic nitrogens is 1. The number of nitrogens with zero attached hydrogens (tertiary/aromatic N) is 4. The molecule has 0 saturated carbocycles. The van der Waals surface area contributed by atoms with E-state index < -0.39 is 29.8 Å². The summed E-state index contributed by atoms with van der Waals surface area (Å²) in [6.45, 7) is 1.49. The third-order valence-corrected chi connectivity index (χ3v) is 6.59. The average molecular weight is 530 g/mol. The number of thiazole rings is 1. The standard InChI is InChI=1S/C24H25F2N7O3S/c1-2-33-22(36)19(37-23(33)18(12-28)21(35)29-9-8-27)13-30-16-5-3-6-17(11-16)31-20(34)14-32-10-4-7-24(25,26)15-32/h3,5-6,11,13,30H,2,4,7,9-10,14-15H2,1H3,(H,29,35)(H,31,34)/b19-13+,23-18-. The van der Waals surface area contributed by atoms with E-state index >= 15 is 0 Å². The summed E-state index contributed by atoms with van der Waals surface area (Å²) in [5, 5.41) is 26.1. The molecule has 0 atom stereocenters. The zero-order valence-electron chi connectivity index (χ0n) is 20.0. The van der Waals surface area contributed by atoms with Crippen molar-refractivity contribution in [3.05, 3.63) is 43.8 Å². The highest BCUT2D eigenvalue weighted by atomic mass is 32.1. The molecule has 10 nitrogen and oxygen atoms in total. The van der Waals surface area contributed by atoms with Crippen molar-refractivity contribution < 1.29 is 18.4 Å². The molecule has 2 heterocycles. The van der Waals surface area contributed by atoms with Crippen molar-refractivity contribution in [2.24, 2.45) is 0 Å². The molecular weight excluding hydrogens is 504 g/mol. The number of amides is 2. The molecule has 1 aromatic heterocycles. The van der Waals surface area contributed by atoms with Crippen LogP contribution in [0.3, 0.4) is 0 Å². The Hall–Kier alpha value is -4.07. The number of anilines is 2. The third kappa shape index (κ3) is 7.22. The van der Waals surface area contributed by atoms with E-state index in [1.54, 1.807) is 43.3 Å². The van der Waals surface area contributed by atoms with Crippen LogP contribution >= 0.6 is 11.3 Å². The van der Waals surface area contributed by atoms with Gasteiger partial charge in [0.1, 0.15) is 21.8 Å². The van der Waals surface area contributed by atoms with E-state index in [0.29, 0.717) is 24.3 Å². The maximum Gasteiger partial charge on any atom is 0.270 e. The van der Waals surface area contributed by atoms with E-state index in [1.165, 1.54) is 15.7 Å². The van der Waals surface area contributed by atoms with Crippen LogP contribution in [0.15, 0.2) is 29.1 Å². The molecule has 1 fully saturated rings. The second kappa shape index (κ2) is 12.3. The Labute approximate surface area is 215 Å². The van der Waals surface area contributed by atoms with Crippen molar-refractivity contribution in [2.45, 2.75) is 32.2 Å². The van der Waals surface area contributed by atoms with Gasteiger partial charge in [0.25, 0.3) is 17.4 Å². The second-order valence-electron chi connectivity index (χ2n) is 8.24. The molecule has 1 aliphatic rings. The van der Waals surface area contributed by atoms with Crippen LogP contribution in [0.1, 0.15) is 19.8 Å². The summed E-state index contributed by atoms with van der Waals surface area (Å²) in [7, 11) is 0. The lowest BCUT2D eigenvalue weighted by Gasteiger charge is -2.31. The number of piperidine rings is 1. The van der Waals surface area contributed by atoms with Crippen LogP contribution in [-0.4, -0.2) is 53.4 Å². The zero-order chi connectivity index (χ0) is 27.0. The summed E-state index contributed by atoms with van der Waals surface area (Å²) in [4.78, 5) is 38.9. The van der Waals surface area contributed by atoms with Crippen LogP contribution in [0, 0.1) is 22.7 Å². The lowest BCUT2D eigenvalue weighted by molar-refractivity contribution is -0.120. The van der Waals surface area contributed by atoms with E-state index in [2.05, 4.69) is 16.0 Å². The van der Waals surface area contributed by atoms with Gasteiger partial charge < -0.3 is 16.0 Å². The Morgan fingerprint density at radius 2 is 2.03 bits per heavy atom. The molecule has 2 amide bonds. The average Bonchev–Trinajstić information content (AvgIpc) is 3.16. The van der Waals surface area contributed by atoms with Crippen molar-refractivity contribution in [3.8, 4) is 12.1 Å². The van der Waals surface area contributed by atoms with E-state index in [9.17, 15) is 28.4 Å². The highest BCUT2D eigenvalue weighted by molar-refractivity contribution is 7.07. The van der Waals surface area contributed by atoms with Crippen LogP contribution in [0.2, 0.25) is 0 Å². The zero-order valence-corrected chi connectivity index (χ0v) is 20.8. The van der Waals surface area contributed by atoms with Crippen molar-refractivity contribution >= 4 is 46.3 Å². The molecule has 0 unspecified atom stereocenters. The van der Waals surface area contributed by atoms with Crippen molar-refractivity contribution in [2.75, 3.05) is 36.8 Å². The number of benzene rings is 1. The summed E-state index contributed by atoms with van der Waals surface area (Å²) in [6, 6.07) is 10.2. The van der Waals surface area contributed by atoms with Crippen LogP contribution in [-0.2, 0) is 16.1 Å².